The first-order valence-corrected chi connectivity index (χ1v) is 9.81. The number of hydrogen-bond acceptors (Lipinski definition) is 5. The van der Waals surface area contributed by atoms with Gasteiger partial charge in [0.05, 0.1) is 12.2 Å². The number of aryl methyl sites for hydroxylation is 1. The van der Waals surface area contributed by atoms with Crippen LogP contribution in [0.25, 0.3) is 5.69 Å². The first-order valence-electron chi connectivity index (χ1n) is 8.37. The second-order valence-electron chi connectivity index (χ2n) is 7.27. The lowest BCUT2D eigenvalue weighted by Gasteiger charge is -2.52. The molecule has 1 fully saturated rings. The molecule has 0 spiro atoms. The maximum absolute atomic E-state index is 13.7. The van der Waals surface area contributed by atoms with Crippen LogP contribution in [0, 0.1) is 11.2 Å². The molecular formula is C17H19FN6O2S. The number of imidazole rings is 1. The highest BCUT2D eigenvalue weighted by molar-refractivity contribution is 7.89. The standard InChI is InChI=1S/C17H19FN6O2S/c1-17(2)11-24(27(25,26)14-10-20-21-22(14)3)15(17)16-19-7-8-23(16)13-6-4-5-12(18)9-13/h4-10,15H,11H2,1-3H3. The van der Waals surface area contributed by atoms with Gasteiger partial charge in [-0.15, -0.1) is 5.10 Å². The van der Waals surface area contributed by atoms with Crippen LogP contribution in [0.5, 0.6) is 0 Å². The Hall–Kier alpha value is -2.59. The van der Waals surface area contributed by atoms with Crippen LogP contribution in [0.1, 0.15) is 25.7 Å². The number of hydrogen-bond donors (Lipinski definition) is 0. The normalized spacial score (nSPS) is 19.8. The van der Waals surface area contributed by atoms with Gasteiger partial charge in [0.25, 0.3) is 10.0 Å². The lowest BCUT2D eigenvalue weighted by molar-refractivity contribution is 0.0124. The molecule has 1 saturated heterocycles. The van der Waals surface area contributed by atoms with Gasteiger partial charge in [-0.2, -0.15) is 4.31 Å². The van der Waals surface area contributed by atoms with Crippen molar-refractivity contribution in [2.24, 2.45) is 12.5 Å². The van der Waals surface area contributed by atoms with Gasteiger partial charge < -0.3 is 4.57 Å². The van der Waals surface area contributed by atoms with E-state index in [1.54, 1.807) is 29.1 Å². The molecule has 0 amide bonds. The number of nitrogens with zero attached hydrogens (tertiary/aromatic N) is 6. The van der Waals surface area contributed by atoms with Gasteiger partial charge >= 0.3 is 0 Å². The predicted molar refractivity (Wildman–Crippen MR) is 94.9 cm³/mol. The van der Waals surface area contributed by atoms with E-state index in [-0.39, 0.29) is 16.3 Å². The molecule has 0 N–H and O–H groups in total. The van der Waals surface area contributed by atoms with E-state index in [4.69, 9.17) is 0 Å². The molecule has 27 heavy (non-hydrogen) atoms. The van der Waals surface area contributed by atoms with Gasteiger partial charge in [0.15, 0.2) is 5.03 Å². The van der Waals surface area contributed by atoms with Crippen molar-refractivity contribution in [1.29, 1.82) is 0 Å². The molecule has 2 aromatic heterocycles. The first kappa shape index (κ1) is 17.8. The van der Waals surface area contributed by atoms with E-state index in [0.29, 0.717) is 18.1 Å². The van der Waals surface area contributed by atoms with Crippen molar-refractivity contribution in [2.75, 3.05) is 6.54 Å². The quantitative estimate of drug-likeness (QED) is 0.679. The third-order valence-corrected chi connectivity index (χ3v) is 6.69. The Labute approximate surface area is 156 Å². The van der Waals surface area contributed by atoms with E-state index >= 15 is 0 Å². The van der Waals surface area contributed by atoms with E-state index in [1.165, 1.54) is 34.4 Å². The van der Waals surface area contributed by atoms with Crippen LogP contribution in [0.15, 0.2) is 47.9 Å². The largest absolute Gasteiger partial charge is 0.302 e. The second kappa shape index (κ2) is 5.96. The fraction of sp³-hybridized carbons (Fsp3) is 0.353. The highest BCUT2D eigenvalue weighted by Crippen LogP contribution is 2.50. The second-order valence-corrected chi connectivity index (χ2v) is 9.11. The first-order chi connectivity index (χ1) is 12.7. The third-order valence-electron chi connectivity index (χ3n) is 4.84. The van der Waals surface area contributed by atoms with Crippen molar-refractivity contribution in [3.05, 3.63) is 54.5 Å². The SMILES string of the molecule is Cn1nncc1S(=O)(=O)N1CC(C)(C)C1c1nccn1-c1cccc(F)c1. The van der Waals surface area contributed by atoms with Crippen molar-refractivity contribution in [2.45, 2.75) is 24.9 Å². The molecule has 1 atom stereocenters. The topological polar surface area (TPSA) is 85.9 Å². The van der Waals surface area contributed by atoms with E-state index < -0.39 is 16.1 Å². The summed E-state index contributed by atoms with van der Waals surface area (Å²) in [6, 6.07) is 5.61. The van der Waals surface area contributed by atoms with Gasteiger partial charge in [-0.3, -0.25) is 0 Å². The maximum Gasteiger partial charge on any atom is 0.262 e. The van der Waals surface area contributed by atoms with E-state index in [0.717, 1.165) is 0 Å². The van der Waals surface area contributed by atoms with Crippen molar-refractivity contribution < 1.29 is 12.8 Å². The van der Waals surface area contributed by atoms with Gasteiger partial charge in [0.1, 0.15) is 11.6 Å². The summed E-state index contributed by atoms with van der Waals surface area (Å²) in [6.45, 7) is 4.30. The third kappa shape index (κ3) is 2.76. The number of aromatic nitrogens is 5. The van der Waals surface area contributed by atoms with Crippen molar-refractivity contribution >= 4 is 10.0 Å². The smallest absolute Gasteiger partial charge is 0.262 e. The molecule has 142 valence electrons. The monoisotopic (exact) mass is 390 g/mol. The lowest BCUT2D eigenvalue weighted by atomic mass is 9.76. The molecule has 8 nitrogen and oxygen atoms in total. The summed E-state index contributed by atoms with van der Waals surface area (Å²) in [5.74, 6) is 0.168. The number of benzene rings is 1. The number of sulfonamides is 1. The molecule has 3 heterocycles. The van der Waals surface area contributed by atoms with E-state index in [1.807, 2.05) is 13.8 Å². The van der Waals surface area contributed by atoms with Gasteiger partial charge in [0, 0.05) is 37.1 Å². The molecule has 0 radical (unpaired) electrons. The summed E-state index contributed by atoms with van der Waals surface area (Å²) >= 11 is 0. The Bertz CT molecular complexity index is 1100. The average Bonchev–Trinajstić information content (AvgIpc) is 3.22. The number of rotatable bonds is 4. The van der Waals surface area contributed by atoms with Crippen LogP contribution in [0.3, 0.4) is 0 Å². The van der Waals surface area contributed by atoms with Crippen molar-refractivity contribution in [3.8, 4) is 5.69 Å². The Kier molecular flexibility index (Phi) is 3.93. The van der Waals surface area contributed by atoms with Gasteiger partial charge in [-0.25, -0.2) is 22.5 Å². The summed E-state index contributed by atoms with van der Waals surface area (Å²) in [5, 5.41) is 7.41. The number of halogens is 1. The van der Waals surface area contributed by atoms with Crippen molar-refractivity contribution in [3.63, 3.8) is 0 Å². The summed E-state index contributed by atoms with van der Waals surface area (Å²) in [4.78, 5) is 4.40. The molecular weight excluding hydrogens is 371 g/mol. The molecule has 10 heteroatoms. The van der Waals surface area contributed by atoms with Crippen LogP contribution in [0.2, 0.25) is 0 Å². The molecule has 1 aromatic carbocycles. The molecule has 1 aliphatic rings. The highest BCUT2D eigenvalue weighted by Gasteiger charge is 2.55. The van der Waals surface area contributed by atoms with Crippen LogP contribution in [-0.2, 0) is 17.1 Å². The predicted octanol–water partition coefficient (Wildman–Crippen LogP) is 1.91. The highest BCUT2D eigenvalue weighted by atomic mass is 32.2. The molecule has 1 aliphatic heterocycles. The minimum absolute atomic E-state index is 0.0202. The lowest BCUT2D eigenvalue weighted by Crippen LogP contribution is -2.58. The maximum atomic E-state index is 13.7. The summed E-state index contributed by atoms with van der Waals surface area (Å²) in [5.41, 5.74) is 0.250. The van der Waals surface area contributed by atoms with Crippen LogP contribution < -0.4 is 0 Å². The van der Waals surface area contributed by atoms with Crippen LogP contribution in [0.4, 0.5) is 4.39 Å². The fourth-order valence-electron chi connectivity index (χ4n) is 3.55. The average molecular weight is 390 g/mol. The zero-order valence-corrected chi connectivity index (χ0v) is 15.9. The van der Waals surface area contributed by atoms with Crippen molar-refractivity contribution in [1.82, 2.24) is 28.9 Å². The zero-order chi connectivity index (χ0) is 19.4. The summed E-state index contributed by atoms with van der Waals surface area (Å²) in [7, 11) is -2.26. The summed E-state index contributed by atoms with van der Waals surface area (Å²) in [6.07, 6.45) is 4.52. The van der Waals surface area contributed by atoms with Crippen LogP contribution in [-0.4, -0.2) is 43.8 Å². The van der Waals surface area contributed by atoms with Gasteiger partial charge in [-0.1, -0.05) is 25.1 Å². The molecule has 0 saturated carbocycles. The Morgan fingerprint density at radius 3 is 2.70 bits per heavy atom. The fourth-order valence-corrected chi connectivity index (χ4v) is 5.51. The van der Waals surface area contributed by atoms with E-state index in [2.05, 4.69) is 15.3 Å². The molecule has 1 unspecified atom stereocenters. The molecule has 4 rings (SSSR count). The van der Waals surface area contributed by atoms with Gasteiger partial charge in [-0.05, 0) is 18.2 Å². The molecule has 0 aliphatic carbocycles. The molecule has 0 bridgehead atoms. The van der Waals surface area contributed by atoms with E-state index in [9.17, 15) is 12.8 Å². The Morgan fingerprint density at radius 1 is 1.30 bits per heavy atom. The summed E-state index contributed by atoms with van der Waals surface area (Å²) < 4.78 is 44.3. The minimum Gasteiger partial charge on any atom is -0.302 e. The van der Waals surface area contributed by atoms with Gasteiger partial charge in [0.2, 0.25) is 0 Å². The Balaban J connectivity index is 1.79. The zero-order valence-electron chi connectivity index (χ0n) is 15.1. The van der Waals surface area contributed by atoms with Crippen LogP contribution >= 0.6 is 0 Å². The Morgan fingerprint density at radius 2 is 2.07 bits per heavy atom. The minimum atomic E-state index is -3.80. The molecule has 3 aromatic rings.